The van der Waals surface area contributed by atoms with Gasteiger partial charge in [-0.15, -0.1) is 0 Å². The molecule has 0 saturated carbocycles. The van der Waals surface area contributed by atoms with Crippen LogP contribution < -0.4 is 4.74 Å². The van der Waals surface area contributed by atoms with Crippen molar-refractivity contribution in [1.82, 2.24) is 4.57 Å². The van der Waals surface area contributed by atoms with Crippen LogP contribution in [0.4, 0.5) is 0 Å². The smallest absolute Gasteiger partial charge is 0.119 e. The molecule has 1 aromatic heterocycles. The first-order chi connectivity index (χ1) is 10.3. The number of ether oxygens (including phenoxy) is 1. The van der Waals surface area contributed by atoms with E-state index >= 15 is 0 Å². The molecular weight excluding hydrogens is 264 g/mol. The van der Waals surface area contributed by atoms with Crippen molar-refractivity contribution >= 4 is 10.9 Å². The molecule has 2 aromatic carbocycles. The fraction of sp³-hybridized carbons (Fsp3) is 0.118. The number of hydrogen-bond acceptors (Lipinski definition) is 3. The molecule has 3 aromatic rings. The van der Waals surface area contributed by atoms with Crippen LogP contribution in [0.1, 0.15) is 5.56 Å². The summed E-state index contributed by atoms with van der Waals surface area (Å²) in [5, 5.41) is 18.7. The summed E-state index contributed by atoms with van der Waals surface area (Å²) in [5.41, 5.74) is 2.73. The number of aromatic nitrogens is 1. The number of aliphatic hydroxyl groups is 1. The van der Waals surface area contributed by atoms with Crippen molar-refractivity contribution in [3.05, 3.63) is 60.3 Å². The quantitative estimate of drug-likeness (QED) is 0.798. The van der Waals surface area contributed by atoms with Crippen molar-refractivity contribution in [1.29, 1.82) is 5.26 Å². The Balaban J connectivity index is 1.95. The van der Waals surface area contributed by atoms with E-state index < -0.39 is 0 Å². The monoisotopic (exact) mass is 278 g/mol. The minimum atomic E-state index is 0.00517. The van der Waals surface area contributed by atoms with E-state index in [0.717, 1.165) is 22.3 Å². The topological polar surface area (TPSA) is 58.2 Å². The van der Waals surface area contributed by atoms with E-state index in [1.165, 1.54) is 0 Å². The van der Waals surface area contributed by atoms with E-state index in [1.54, 1.807) is 0 Å². The average molecular weight is 278 g/mol. The number of aliphatic hydroxyl groups excluding tert-OH is 1. The molecule has 0 saturated heterocycles. The predicted molar refractivity (Wildman–Crippen MR) is 80.6 cm³/mol. The van der Waals surface area contributed by atoms with E-state index in [2.05, 4.69) is 10.6 Å². The van der Waals surface area contributed by atoms with Crippen LogP contribution in [0.15, 0.2) is 54.7 Å². The van der Waals surface area contributed by atoms with Crippen LogP contribution >= 0.6 is 0 Å². The molecule has 0 aliphatic carbocycles. The summed E-state index contributed by atoms with van der Waals surface area (Å²) in [6.45, 7) is 0.300. The summed E-state index contributed by atoms with van der Waals surface area (Å²) < 4.78 is 7.41. The maximum Gasteiger partial charge on any atom is 0.119 e. The van der Waals surface area contributed by atoms with Crippen molar-refractivity contribution in [2.75, 3.05) is 13.2 Å². The number of fused-ring (bicyclic) bond motifs is 1. The minimum Gasteiger partial charge on any atom is -0.491 e. The first-order valence-corrected chi connectivity index (χ1v) is 6.67. The fourth-order valence-corrected chi connectivity index (χ4v) is 2.30. The normalized spacial score (nSPS) is 10.5. The van der Waals surface area contributed by atoms with Crippen LogP contribution in [0.3, 0.4) is 0 Å². The van der Waals surface area contributed by atoms with Gasteiger partial charge in [-0.05, 0) is 48.5 Å². The number of nitriles is 1. The third-order valence-corrected chi connectivity index (χ3v) is 3.29. The average Bonchev–Trinajstić information content (AvgIpc) is 2.96. The van der Waals surface area contributed by atoms with E-state index in [4.69, 9.17) is 15.1 Å². The van der Waals surface area contributed by atoms with Crippen molar-refractivity contribution in [2.45, 2.75) is 0 Å². The molecule has 4 nitrogen and oxygen atoms in total. The Morgan fingerprint density at radius 1 is 1.10 bits per heavy atom. The Labute approximate surface area is 122 Å². The Kier molecular flexibility index (Phi) is 3.59. The second kappa shape index (κ2) is 5.70. The van der Waals surface area contributed by atoms with E-state index in [9.17, 15) is 0 Å². The van der Waals surface area contributed by atoms with E-state index in [0.29, 0.717) is 12.2 Å². The van der Waals surface area contributed by atoms with Crippen molar-refractivity contribution in [2.24, 2.45) is 0 Å². The molecule has 0 atom stereocenters. The molecule has 0 fully saturated rings. The van der Waals surface area contributed by atoms with Crippen LogP contribution in [-0.2, 0) is 0 Å². The van der Waals surface area contributed by atoms with Crippen LogP contribution in [-0.4, -0.2) is 22.9 Å². The first-order valence-electron chi connectivity index (χ1n) is 6.67. The van der Waals surface area contributed by atoms with Crippen LogP contribution in [0, 0.1) is 11.3 Å². The number of nitrogens with zero attached hydrogens (tertiary/aromatic N) is 2. The van der Waals surface area contributed by atoms with E-state index in [1.807, 2.05) is 54.7 Å². The van der Waals surface area contributed by atoms with Gasteiger partial charge in [0.2, 0.25) is 0 Å². The fourth-order valence-electron chi connectivity index (χ4n) is 2.30. The minimum absolute atomic E-state index is 0.00517. The lowest BCUT2D eigenvalue weighted by Crippen LogP contribution is -2.01. The Morgan fingerprint density at radius 3 is 2.62 bits per heavy atom. The summed E-state index contributed by atoms with van der Waals surface area (Å²) in [5.74, 6) is 0.732. The molecule has 4 heteroatoms. The van der Waals surface area contributed by atoms with Gasteiger partial charge in [0, 0.05) is 17.3 Å². The lowest BCUT2D eigenvalue weighted by Gasteiger charge is -2.08. The van der Waals surface area contributed by atoms with Gasteiger partial charge in [0.05, 0.1) is 23.8 Å². The number of hydrogen-bond donors (Lipinski definition) is 1. The summed E-state index contributed by atoms with van der Waals surface area (Å²) in [7, 11) is 0. The third kappa shape index (κ3) is 2.60. The van der Waals surface area contributed by atoms with Gasteiger partial charge in [-0.1, -0.05) is 0 Å². The molecule has 0 unspecified atom stereocenters. The zero-order chi connectivity index (χ0) is 14.7. The zero-order valence-corrected chi connectivity index (χ0v) is 11.4. The van der Waals surface area contributed by atoms with Crippen molar-refractivity contribution in [3.63, 3.8) is 0 Å². The van der Waals surface area contributed by atoms with Gasteiger partial charge in [0.15, 0.2) is 0 Å². The van der Waals surface area contributed by atoms with Gasteiger partial charge < -0.3 is 14.4 Å². The first kappa shape index (κ1) is 13.2. The molecule has 1 heterocycles. The second-order valence-corrected chi connectivity index (χ2v) is 4.64. The van der Waals surface area contributed by atoms with Gasteiger partial charge in [0.1, 0.15) is 12.4 Å². The molecule has 0 aliphatic rings. The Bertz CT molecular complexity index is 798. The molecule has 3 rings (SSSR count). The second-order valence-electron chi connectivity index (χ2n) is 4.64. The SMILES string of the molecule is N#Cc1ccc2c(ccn2-c2ccc(OCCO)cc2)c1. The molecule has 104 valence electrons. The summed E-state index contributed by atoms with van der Waals surface area (Å²) in [6.07, 6.45) is 1.98. The van der Waals surface area contributed by atoms with Crippen molar-refractivity contribution < 1.29 is 9.84 Å². The lowest BCUT2D eigenvalue weighted by molar-refractivity contribution is 0.201. The van der Waals surface area contributed by atoms with Crippen LogP contribution in [0.5, 0.6) is 5.75 Å². The van der Waals surface area contributed by atoms with E-state index in [-0.39, 0.29) is 6.61 Å². The maximum absolute atomic E-state index is 8.93. The van der Waals surface area contributed by atoms with Crippen LogP contribution in [0.2, 0.25) is 0 Å². The molecule has 21 heavy (non-hydrogen) atoms. The van der Waals surface area contributed by atoms with Gasteiger partial charge >= 0.3 is 0 Å². The summed E-state index contributed by atoms with van der Waals surface area (Å²) >= 11 is 0. The molecular formula is C17H14N2O2. The highest BCUT2D eigenvalue weighted by Crippen LogP contribution is 2.23. The van der Waals surface area contributed by atoms with Gasteiger partial charge in [-0.2, -0.15) is 5.26 Å². The Hall–Kier alpha value is -2.77. The molecule has 0 radical (unpaired) electrons. The lowest BCUT2D eigenvalue weighted by atomic mass is 10.2. The summed E-state index contributed by atoms with van der Waals surface area (Å²) in [4.78, 5) is 0. The highest BCUT2D eigenvalue weighted by Gasteiger charge is 2.04. The molecule has 0 aliphatic heterocycles. The van der Waals surface area contributed by atoms with Crippen molar-refractivity contribution in [3.8, 4) is 17.5 Å². The number of rotatable bonds is 4. The van der Waals surface area contributed by atoms with Gasteiger partial charge in [-0.3, -0.25) is 0 Å². The number of benzene rings is 2. The van der Waals surface area contributed by atoms with Gasteiger partial charge in [-0.25, -0.2) is 0 Å². The molecule has 0 amide bonds. The van der Waals surface area contributed by atoms with Gasteiger partial charge in [0.25, 0.3) is 0 Å². The summed E-state index contributed by atoms with van der Waals surface area (Å²) in [6, 6.07) is 17.5. The third-order valence-electron chi connectivity index (χ3n) is 3.29. The highest BCUT2D eigenvalue weighted by molar-refractivity contribution is 5.83. The molecule has 0 spiro atoms. The highest BCUT2D eigenvalue weighted by atomic mass is 16.5. The largest absolute Gasteiger partial charge is 0.491 e. The molecule has 0 bridgehead atoms. The zero-order valence-electron chi connectivity index (χ0n) is 11.4. The standard InChI is InChI=1S/C17H14N2O2/c18-12-13-1-6-17-14(11-13)7-8-19(17)15-2-4-16(5-3-15)21-10-9-20/h1-8,11,20H,9-10H2. The predicted octanol–water partition coefficient (Wildman–Crippen LogP) is 2.87. The van der Waals surface area contributed by atoms with Crippen LogP contribution in [0.25, 0.3) is 16.6 Å². The Morgan fingerprint density at radius 2 is 1.90 bits per heavy atom. The molecule has 1 N–H and O–H groups in total. The maximum atomic E-state index is 8.93.